The van der Waals surface area contributed by atoms with E-state index in [1.807, 2.05) is 0 Å². The van der Waals surface area contributed by atoms with Gasteiger partial charge in [0.25, 0.3) is 10.0 Å². The van der Waals surface area contributed by atoms with E-state index < -0.39 is 27.4 Å². The van der Waals surface area contributed by atoms with Crippen LogP contribution in [0.4, 0.5) is 10.1 Å². The van der Waals surface area contributed by atoms with Crippen LogP contribution in [0, 0.1) is 5.82 Å². The summed E-state index contributed by atoms with van der Waals surface area (Å²) in [6, 6.07) is 8.07. The molecule has 2 N–H and O–H groups in total. The molecule has 2 rings (SSSR count). The van der Waals surface area contributed by atoms with E-state index in [-0.39, 0.29) is 10.6 Å². The molecule has 8 heteroatoms. The number of nitrogens with one attached hydrogen (secondary N) is 1. The third kappa shape index (κ3) is 3.50. The third-order valence-electron chi connectivity index (χ3n) is 2.58. The fraction of sp³-hybridized carbons (Fsp3) is 0. The summed E-state index contributed by atoms with van der Waals surface area (Å²) < 4.78 is 39.4. The minimum absolute atomic E-state index is 0.0902. The Hall–Kier alpha value is -2.12. The highest BCUT2D eigenvalue weighted by atomic mass is 35.5. The summed E-state index contributed by atoms with van der Waals surface area (Å²) in [5, 5.41) is 9.34. The van der Waals surface area contributed by atoms with Gasteiger partial charge < -0.3 is 5.11 Å². The van der Waals surface area contributed by atoms with E-state index in [0.717, 1.165) is 18.2 Å². The van der Waals surface area contributed by atoms with Gasteiger partial charge in [-0.1, -0.05) is 11.6 Å². The smallest absolute Gasteiger partial charge is 0.337 e. The Balaban J connectivity index is 2.41. The lowest BCUT2D eigenvalue weighted by Crippen LogP contribution is -2.15. The van der Waals surface area contributed by atoms with E-state index in [1.54, 1.807) is 0 Å². The van der Waals surface area contributed by atoms with Crippen molar-refractivity contribution in [2.75, 3.05) is 4.72 Å². The number of benzene rings is 2. The Morgan fingerprint density at radius 1 is 1.14 bits per heavy atom. The van der Waals surface area contributed by atoms with Gasteiger partial charge in [-0.15, -0.1) is 0 Å². The van der Waals surface area contributed by atoms with Crippen molar-refractivity contribution < 1.29 is 22.7 Å². The number of anilines is 1. The molecule has 0 aliphatic carbocycles. The van der Waals surface area contributed by atoms with Crippen LogP contribution in [0.15, 0.2) is 47.4 Å². The first-order chi connectivity index (χ1) is 9.79. The van der Waals surface area contributed by atoms with Crippen molar-refractivity contribution >= 4 is 33.3 Å². The molecule has 0 bridgehead atoms. The van der Waals surface area contributed by atoms with Gasteiger partial charge in [0.1, 0.15) is 5.82 Å². The zero-order valence-electron chi connectivity index (χ0n) is 10.4. The van der Waals surface area contributed by atoms with Gasteiger partial charge in [-0.25, -0.2) is 17.6 Å². The molecule has 0 heterocycles. The van der Waals surface area contributed by atoms with Crippen molar-refractivity contribution in [1.29, 1.82) is 0 Å². The third-order valence-corrected chi connectivity index (χ3v) is 4.21. The zero-order chi connectivity index (χ0) is 15.6. The molecule has 2 aromatic rings. The van der Waals surface area contributed by atoms with Crippen molar-refractivity contribution in [2.45, 2.75) is 4.90 Å². The lowest BCUT2D eigenvalue weighted by molar-refractivity contribution is 0.0697. The lowest BCUT2D eigenvalue weighted by Gasteiger charge is -2.10. The maximum atomic E-state index is 13.1. The summed E-state index contributed by atoms with van der Waals surface area (Å²) >= 11 is 5.67. The monoisotopic (exact) mass is 329 g/mol. The standard InChI is InChI=1S/C13H9ClFNO4S/c14-8-1-4-10(5-2-8)21(19,20)16-12-6-3-9(15)7-11(12)13(17)18/h1-7,16H,(H,17,18). The molecule has 0 saturated heterocycles. The Kier molecular flexibility index (Phi) is 4.15. The number of sulfonamides is 1. The number of rotatable bonds is 4. The zero-order valence-corrected chi connectivity index (χ0v) is 12.0. The van der Waals surface area contributed by atoms with Gasteiger partial charge in [-0.05, 0) is 42.5 Å². The fourth-order valence-corrected chi connectivity index (χ4v) is 2.81. The second kappa shape index (κ2) is 5.71. The molecule has 21 heavy (non-hydrogen) atoms. The molecule has 0 radical (unpaired) electrons. The fourth-order valence-electron chi connectivity index (χ4n) is 1.60. The highest BCUT2D eigenvalue weighted by Gasteiger charge is 2.19. The molecule has 2 aromatic carbocycles. The van der Waals surface area contributed by atoms with Crippen LogP contribution in [0.2, 0.25) is 5.02 Å². The van der Waals surface area contributed by atoms with Crippen LogP contribution in [0.1, 0.15) is 10.4 Å². The van der Waals surface area contributed by atoms with Crippen molar-refractivity contribution in [3.63, 3.8) is 0 Å². The van der Waals surface area contributed by atoms with Crippen LogP contribution in [0.5, 0.6) is 0 Å². The number of halogens is 2. The minimum atomic E-state index is -3.99. The summed E-state index contributed by atoms with van der Waals surface area (Å²) in [5.41, 5.74) is -0.702. The van der Waals surface area contributed by atoms with E-state index >= 15 is 0 Å². The minimum Gasteiger partial charge on any atom is -0.478 e. The number of hydrogen-bond acceptors (Lipinski definition) is 3. The molecule has 0 fully saturated rings. The highest BCUT2D eigenvalue weighted by Crippen LogP contribution is 2.22. The summed E-state index contributed by atoms with van der Waals surface area (Å²) in [6.07, 6.45) is 0. The predicted molar refractivity (Wildman–Crippen MR) is 75.6 cm³/mol. The van der Waals surface area contributed by atoms with E-state index in [2.05, 4.69) is 4.72 Å². The summed E-state index contributed by atoms with van der Waals surface area (Å²) in [4.78, 5) is 10.9. The molecular weight excluding hydrogens is 321 g/mol. The lowest BCUT2D eigenvalue weighted by atomic mass is 10.2. The molecule has 0 aromatic heterocycles. The van der Waals surface area contributed by atoms with Crippen molar-refractivity contribution in [3.8, 4) is 0 Å². The van der Waals surface area contributed by atoms with Crippen LogP contribution in [0.25, 0.3) is 0 Å². The van der Waals surface area contributed by atoms with Crippen LogP contribution < -0.4 is 4.72 Å². The van der Waals surface area contributed by atoms with E-state index in [1.165, 1.54) is 24.3 Å². The average Bonchev–Trinajstić information content (AvgIpc) is 2.41. The molecule has 0 atom stereocenters. The van der Waals surface area contributed by atoms with Crippen LogP contribution >= 0.6 is 11.6 Å². The molecule has 0 spiro atoms. The van der Waals surface area contributed by atoms with Crippen molar-refractivity contribution in [1.82, 2.24) is 0 Å². The van der Waals surface area contributed by atoms with Crippen LogP contribution in [0.3, 0.4) is 0 Å². The molecule has 0 unspecified atom stereocenters. The molecular formula is C13H9ClFNO4S. The van der Waals surface area contributed by atoms with E-state index in [4.69, 9.17) is 16.7 Å². The first kappa shape index (κ1) is 15.3. The number of carboxylic acids is 1. The van der Waals surface area contributed by atoms with Gasteiger partial charge >= 0.3 is 5.97 Å². The second-order valence-electron chi connectivity index (χ2n) is 4.05. The average molecular weight is 330 g/mol. The number of carbonyl (C=O) groups is 1. The largest absolute Gasteiger partial charge is 0.478 e. The maximum Gasteiger partial charge on any atom is 0.337 e. The van der Waals surface area contributed by atoms with Crippen molar-refractivity contribution in [2.24, 2.45) is 0 Å². The number of aromatic carboxylic acids is 1. The first-order valence-electron chi connectivity index (χ1n) is 5.61. The Morgan fingerprint density at radius 3 is 2.33 bits per heavy atom. The molecule has 5 nitrogen and oxygen atoms in total. The van der Waals surface area contributed by atoms with Crippen LogP contribution in [-0.4, -0.2) is 19.5 Å². The van der Waals surface area contributed by atoms with Crippen LogP contribution in [-0.2, 0) is 10.0 Å². The normalized spacial score (nSPS) is 11.1. The highest BCUT2D eigenvalue weighted by molar-refractivity contribution is 7.92. The molecule has 0 aliphatic rings. The van der Waals surface area contributed by atoms with Gasteiger partial charge in [-0.3, -0.25) is 4.72 Å². The summed E-state index contributed by atoms with van der Waals surface area (Å²) in [6.45, 7) is 0. The SMILES string of the molecule is O=C(O)c1cc(F)ccc1NS(=O)(=O)c1ccc(Cl)cc1. The maximum absolute atomic E-state index is 13.1. The second-order valence-corrected chi connectivity index (χ2v) is 6.17. The molecule has 110 valence electrons. The molecule has 0 saturated carbocycles. The van der Waals surface area contributed by atoms with Gasteiger partial charge in [-0.2, -0.15) is 0 Å². The van der Waals surface area contributed by atoms with Gasteiger partial charge in [0.15, 0.2) is 0 Å². The van der Waals surface area contributed by atoms with E-state index in [9.17, 15) is 17.6 Å². The predicted octanol–water partition coefficient (Wildman–Crippen LogP) is 2.98. The van der Waals surface area contributed by atoms with Gasteiger partial charge in [0, 0.05) is 5.02 Å². The Labute approximate surface area is 125 Å². The van der Waals surface area contributed by atoms with Crippen molar-refractivity contribution in [3.05, 3.63) is 58.9 Å². The summed E-state index contributed by atoms with van der Waals surface area (Å²) in [7, 11) is -3.99. The molecule has 0 amide bonds. The summed E-state index contributed by atoms with van der Waals surface area (Å²) in [5.74, 6) is -2.22. The quantitative estimate of drug-likeness (QED) is 0.903. The Bertz CT molecular complexity index is 790. The van der Waals surface area contributed by atoms with Gasteiger partial charge in [0.05, 0.1) is 16.1 Å². The van der Waals surface area contributed by atoms with E-state index in [0.29, 0.717) is 5.02 Å². The molecule has 0 aliphatic heterocycles. The number of hydrogen-bond donors (Lipinski definition) is 2. The topological polar surface area (TPSA) is 83.5 Å². The number of carboxylic acid groups (broad SMARTS) is 1. The van der Waals surface area contributed by atoms with Gasteiger partial charge in [0.2, 0.25) is 0 Å². The first-order valence-corrected chi connectivity index (χ1v) is 7.47. The Morgan fingerprint density at radius 2 is 1.76 bits per heavy atom.